The summed E-state index contributed by atoms with van der Waals surface area (Å²) in [4.78, 5) is 23.9. The van der Waals surface area contributed by atoms with Crippen LogP contribution in [0.25, 0.3) is 0 Å². The first-order valence-electron chi connectivity index (χ1n) is 7.85. The molecule has 0 saturated heterocycles. The first-order valence-corrected chi connectivity index (χ1v) is 7.85. The van der Waals surface area contributed by atoms with Crippen molar-refractivity contribution in [2.45, 2.75) is 44.8 Å². The smallest absolute Gasteiger partial charge is 0.360 e. The van der Waals surface area contributed by atoms with Gasteiger partial charge in [0, 0.05) is 0 Å². The predicted molar refractivity (Wildman–Crippen MR) is 81.5 cm³/mol. The lowest BCUT2D eigenvalue weighted by Gasteiger charge is -2.30. The third kappa shape index (κ3) is 3.17. The van der Waals surface area contributed by atoms with Crippen LogP contribution in [0, 0.1) is 6.92 Å². The van der Waals surface area contributed by atoms with Crippen LogP contribution in [0.15, 0.2) is 22.9 Å². The van der Waals surface area contributed by atoms with Crippen molar-refractivity contribution in [1.29, 1.82) is 0 Å². The van der Waals surface area contributed by atoms with Gasteiger partial charge in [0.25, 0.3) is 0 Å². The summed E-state index contributed by atoms with van der Waals surface area (Å²) in [5.41, 5.74) is 0.562. The Morgan fingerprint density at radius 2 is 2.08 bits per heavy atom. The van der Waals surface area contributed by atoms with Gasteiger partial charge in [-0.2, -0.15) is 0 Å². The van der Waals surface area contributed by atoms with Crippen molar-refractivity contribution < 1.29 is 23.5 Å². The second-order valence-electron chi connectivity index (χ2n) is 5.76. The molecule has 0 radical (unpaired) electrons. The molecule has 0 spiro atoms. The number of aryl methyl sites for hydroxylation is 1. The zero-order valence-electron chi connectivity index (χ0n) is 13.6. The van der Waals surface area contributed by atoms with Crippen LogP contribution in [0.2, 0.25) is 0 Å². The van der Waals surface area contributed by atoms with E-state index in [1.54, 1.807) is 17.7 Å². The fourth-order valence-electron chi connectivity index (χ4n) is 2.95. The quantitative estimate of drug-likeness (QED) is 0.792. The van der Waals surface area contributed by atoms with Crippen molar-refractivity contribution in [3.05, 3.63) is 35.5 Å². The molecule has 8 nitrogen and oxygen atoms in total. The standard InChI is InChI=1S/C16H19N3O5/c1-10-11(7-8-23-10)15(20)24-14-6-4-3-5-13(14)19-9-12(17-18-19)16(21)22-2/h7-9,13-14H,3-6H2,1-2H3/t13-,14+/m1/s1. The van der Waals surface area contributed by atoms with Crippen molar-refractivity contribution in [3.8, 4) is 0 Å². The minimum absolute atomic E-state index is 0.138. The van der Waals surface area contributed by atoms with Crippen LogP contribution in [0.5, 0.6) is 0 Å². The van der Waals surface area contributed by atoms with Gasteiger partial charge in [-0.3, -0.25) is 0 Å². The Bertz CT molecular complexity index is 736. The summed E-state index contributed by atoms with van der Waals surface area (Å²) in [5, 5.41) is 7.83. The van der Waals surface area contributed by atoms with Gasteiger partial charge in [-0.15, -0.1) is 5.10 Å². The first kappa shape index (κ1) is 16.2. The molecule has 1 saturated carbocycles. The van der Waals surface area contributed by atoms with Crippen molar-refractivity contribution in [2.24, 2.45) is 0 Å². The molecule has 0 bridgehead atoms. The van der Waals surface area contributed by atoms with Gasteiger partial charge in [-0.05, 0) is 32.3 Å². The molecule has 2 heterocycles. The Labute approximate surface area is 138 Å². The van der Waals surface area contributed by atoms with E-state index < -0.39 is 11.9 Å². The van der Waals surface area contributed by atoms with Crippen LogP contribution in [0.1, 0.15) is 58.3 Å². The molecule has 0 unspecified atom stereocenters. The lowest BCUT2D eigenvalue weighted by Crippen LogP contribution is -2.32. The van der Waals surface area contributed by atoms with Crippen LogP contribution < -0.4 is 0 Å². The molecule has 1 aliphatic carbocycles. The highest BCUT2D eigenvalue weighted by Crippen LogP contribution is 2.31. The molecule has 8 heteroatoms. The van der Waals surface area contributed by atoms with Crippen molar-refractivity contribution in [2.75, 3.05) is 7.11 Å². The van der Waals surface area contributed by atoms with Crippen LogP contribution >= 0.6 is 0 Å². The zero-order valence-corrected chi connectivity index (χ0v) is 13.6. The molecule has 0 aliphatic heterocycles. The third-order valence-electron chi connectivity index (χ3n) is 4.25. The van der Waals surface area contributed by atoms with Crippen LogP contribution in [0.3, 0.4) is 0 Å². The minimum atomic E-state index is -0.542. The average molecular weight is 333 g/mol. The number of ether oxygens (including phenoxy) is 2. The highest BCUT2D eigenvalue weighted by molar-refractivity contribution is 5.90. The first-order chi connectivity index (χ1) is 11.6. The number of hydrogen-bond donors (Lipinski definition) is 0. The second-order valence-corrected chi connectivity index (χ2v) is 5.76. The van der Waals surface area contributed by atoms with E-state index in [0.29, 0.717) is 11.3 Å². The van der Waals surface area contributed by atoms with Crippen LogP contribution in [-0.4, -0.2) is 40.1 Å². The van der Waals surface area contributed by atoms with Gasteiger partial charge in [0.2, 0.25) is 0 Å². The van der Waals surface area contributed by atoms with E-state index in [4.69, 9.17) is 9.15 Å². The number of esters is 2. The fourth-order valence-corrected chi connectivity index (χ4v) is 2.95. The minimum Gasteiger partial charge on any atom is -0.469 e. The lowest BCUT2D eigenvalue weighted by atomic mass is 9.92. The molecule has 2 atom stereocenters. The van der Waals surface area contributed by atoms with Gasteiger partial charge in [-0.1, -0.05) is 11.6 Å². The molecule has 0 N–H and O–H groups in total. The molecule has 2 aromatic rings. The Morgan fingerprint density at radius 1 is 1.29 bits per heavy atom. The molecule has 1 aliphatic rings. The number of methoxy groups -OCH3 is 1. The van der Waals surface area contributed by atoms with Gasteiger partial charge >= 0.3 is 11.9 Å². The van der Waals surface area contributed by atoms with E-state index in [0.717, 1.165) is 25.7 Å². The third-order valence-corrected chi connectivity index (χ3v) is 4.25. The summed E-state index contributed by atoms with van der Waals surface area (Å²) in [5.74, 6) is -0.424. The average Bonchev–Trinajstić information content (AvgIpc) is 3.23. The maximum atomic E-state index is 12.3. The fraction of sp³-hybridized carbons (Fsp3) is 0.500. The van der Waals surface area contributed by atoms with Gasteiger partial charge in [-0.25, -0.2) is 14.3 Å². The van der Waals surface area contributed by atoms with Crippen LogP contribution in [-0.2, 0) is 9.47 Å². The topological polar surface area (TPSA) is 96.5 Å². The summed E-state index contributed by atoms with van der Waals surface area (Å²) < 4.78 is 17.1. The molecule has 0 aromatic carbocycles. The van der Waals surface area contributed by atoms with Crippen molar-refractivity contribution >= 4 is 11.9 Å². The zero-order chi connectivity index (χ0) is 17.1. The van der Waals surface area contributed by atoms with Crippen molar-refractivity contribution in [1.82, 2.24) is 15.0 Å². The van der Waals surface area contributed by atoms with E-state index in [2.05, 4.69) is 15.0 Å². The highest BCUT2D eigenvalue weighted by atomic mass is 16.5. The summed E-state index contributed by atoms with van der Waals surface area (Å²) in [6, 6.07) is 1.45. The number of carbonyl (C=O) groups excluding carboxylic acids is 2. The van der Waals surface area contributed by atoms with E-state index in [9.17, 15) is 9.59 Å². The van der Waals surface area contributed by atoms with Gasteiger partial charge in [0.1, 0.15) is 17.4 Å². The number of nitrogens with zero attached hydrogens (tertiary/aromatic N) is 3. The molecule has 3 rings (SSSR count). The van der Waals surface area contributed by atoms with Gasteiger partial charge < -0.3 is 13.9 Å². The maximum absolute atomic E-state index is 12.3. The maximum Gasteiger partial charge on any atom is 0.360 e. The largest absolute Gasteiger partial charge is 0.469 e. The SMILES string of the molecule is COC(=O)c1cn([C@@H]2CCCC[C@@H]2OC(=O)c2ccoc2C)nn1. The van der Waals surface area contributed by atoms with Crippen LogP contribution in [0.4, 0.5) is 0 Å². The number of hydrogen-bond acceptors (Lipinski definition) is 7. The van der Waals surface area contributed by atoms with Gasteiger partial charge in [0.05, 0.1) is 25.6 Å². The molecule has 128 valence electrons. The summed E-state index contributed by atoms with van der Waals surface area (Å²) >= 11 is 0. The molecular weight excluding hydrogens is 314 g/mol. The van der Waals surface area contributed by atoms with E-state index in [1.165, 1.54) is 19.6 Å². The molecule has 1 fully saturated rings. The summed E-state index contributed by atoms with van der Waals surface area (Å²) in [6.07, 6.45) is 6.17. The van der Waals surface area contributed by atoms with E-state index in [-0.39, 0.29) is 17.8 Å². The Morgan fingerprint density at radius 3 is 2.79 bits per heavy atom. The second kappa shape index (κ2) is 6.86. The van der Waals surface area contributed by atoms with E-state index >= 15 is 0 Å². The molecular formula is C16H19N3O5. The van der Waals surface area contributed by atoms with Crippen molar-refractivity contribution in [3.63, 3.8) is 0 Å². The van der Waals surface area contributed by atoms with Gasteiger partial charge in [0.15, 0.2) is 5.69 Å². The Kier molecular flexibility index (Phi) is 4.64. The Hall–Kier alpha value is -2.64. The normalized spacial score (nSPS) is 20.6. The number of rotatable bonds is 4. The van der Waals surface area contributed by atoms with E-state index in [1.807, 2.05) is 0 Å². The predicted octanol–water partition coefficient (Wildman–Crippen LogP) is 2.31. The number of aromatic nitrogens is 3. The monoisotopic (exact) mass is 333 g/mol. The molecule has 24 heavy (non-hydrogen) atoms. The molecule has 0 amide bonds. The summed E-state index contributed by atoms with van der Waals surface area (Å²) in [7, 11) is 1.29. The highest BCUT2D eigenvalue weighted by Gasteiger charge is 2.32. The Balaban J connectivity index is 1.76. The number of carbonyl (C=O) groups is 2. The summed E-state index contributed by atoms with van der Waals surface area (Å²) in [6.45, 7) is 1.72. The number of furan rings is 1. The lowest BCUT2D eigenvalue weighted by molar-refractivity contribution is 0.00157. The molecule has 2 aromatic heterocycles.